The Labute approximate surface area is 188 Å². The molecule has 1 heterocycles. The van der Waals surface area contributed by atoms with Crippen molar-refractivity contribution in [1.82, 2.24) is 4.98 Å². The van der Waals surface area contributed by atoms with Crippen molar-refractivity contribution in [3.8, 4) is 11.5 Å². The number of carbonyl (C=O) groups excluding carboxylic acids is 1. The lowest BCUT2D eigenvalue weighted by molar-refractivity contribution is 0.0982. The highest BCUT2D eigenvalue weighted by Gasteiger charge is 2.18. The van der Waals surface area contributed by atoms with Crippen molar-refractivity contribution in [1.29, 1.82) is 0 Å². The summed E-state index contributed by atoms with van der Waals surface area (Å²) in [6.45, 7) is 2.21. The van der Waals surface area contributed by atoms with Gasteiger partial charge < -0.3 is 14.8 Å². The van der Waals surface area contributed by atoms with E-state index in [1.165, 1.54) is 6.26 Å². The number of pyridine rings is 1. The van der Waals surface area contributed by atoms with Crippen LogP contribution in [0.15, 0.2) is 48.7 Å². The van der Waals surface area contributed by atoms with Gasteiger partial charge in [0.15, 0.2) is 5.78 Å². The van der Waals surface area contributed by atoms with Gasteiger partial charge in [-0.2, -0.15) is 0 Å². The highest BCUT2D eigenvalue weighted by molar-refractivity contribution is 7.90. The molecule has 0 aliphatic rings. The highest BCUT2D eigenvalue weighted by Crippen LogP contribution is 2.36. The SMILES string of the molecule is CCCC(=O)c1cnc2c(OCCCS(C)(=O)=O)cccc2c1Nc1ccccc1OC. The lowest BCUT2D eigenvalue weighted by Gasteiger charge is -2.17. The minimum Gasteiger partial charge on any atom is -0.495 e. The molecule has 0 fully saturated rings. The number of carbonyl (C=O) groups is 1. The van der Waals surface area contributed by atoms with Crippen LogP contribution in [-0.2, 0) is 9.84 Å². The number of sulfone groups is 1. The standard InChI is InChI=1S/C24H28N2O5S/c1-4-9-20(27)18-16-25-24-17(23(18)26-19-11-5-6-12-21(19)30-2)10-7-13-22(24)31-14-8-15-32(3,28)29/h5-7,10-13,16H,4,8-9,14-15H2,1-3H3,(H,25,26). The van der Waals surface area contributed by atoms with Crippen LogP contribution in [0.4, 0.5) is 11.4 Å². The lowest BCUT2D eigenvalue weighted by Crippen LogP contribution is -2.09. The van der Waals surface area contributed by atoms with E-state index < -0.39 is 9.84 Å². The first-order valence-electron chi connectivity index (χ1n) is 10.5. The van der Waals surface area contributed by atoms with Gasteiger partial charge >= 0.3 is 0 Å². The van der Waals surface area contributed by atoms with Crippen molar-refractivity contribution in [2.45, 2.75) is 26.2 Å². The van der Waals surface area contributed by atoms with E-state index >= 15 is 0 Å². The molecule has 0 saturated heterocycles. The molecule has 0 radical (unpaired) electrons. The third-order valence-corrected chi connectivity index (χ3v) is 5.95. The van der Waals surface area contributed by atoms with Gasteiger partial charge in [-0.3, -0.25) is 9.78 Å². The zero-order valence-electron chi connectivity index (χ0n) is 18.6. The van der Waals surface area contributed by atoms with Crippen LogP contribution >= 0.6 is 0 Å². The first kappa shape index (κ1) is 23.5. The van der Waals surface area contributed by atoms with Crippen molar-refractivity contribution in [2.24, 2.45) is 0 Å². The molecule has 0 spiro atoms. The molecule has 1 aromatic heterocycles. The van der Waals surface area contributed by atoms with Crippen LogP contribution in [-0.4, -0.2) is 44.9 Å². The number of benzene rings is 2. The van der Waals surface area contributed by atoms with E-state index in [9.17, 15) is 13.2 Å². The summed E-state index contributed by atoms with van der Waals surface area (Å²) >= 11 is 0. The third-order valence-electron chi connectivity index (χ3n) is 4.92. The van der Waals surface area contributed by atoms with Gasteiger partial charge in [-0.1, -0.05) is 31.2 Å². The first-order chi connectivity index (χ1) is 15.3. The maximum Gasteiger partial charge on any atom is 0.166 e. The summed E-state index contributed by atoms with van der Waals surface area (Å²) in [5.41, 5.74) is 2.46. The Morgan fingerprint density at radius 3 is 2.56 bits per heavy atom. The Morgan fingerprint density at radius 1 is 1.09 bits per heavy atom. The second-order valence-electron chi connectivity index (χ2n) is 7.53. The number of fused-ring (bicyclic) bond motifs is 1. The molecule has 170 valence electrons. The average Bonchev–Trinajstić information content (AvgIpc) is 2.77. The maximum atomic E-state index is 12.8. The molecule has 0 aliphatic carbocycles. The van der Waals surface area contributed by atoms with Crippen LogP contribution in [0.25, 0.3) is 10.9 Å². The zero-order chi connectivity index (χ0) is 23.1. The topological polar surface area (TPSA) is 94.6 Å². The fraction of sp³-hybridized carbons (Fsp3) is 0.333. The van der Waals surface area contributed by atoms with E-state index in [2.05, 4.69) is 10.3 Å². The second-order valence-corrected chi connectivity index (χ2v) is 9.79. The molecule has 0 saturated carbocycles. The van der Waals surface area contributed by atoms with Gasteiger partial charge in [-0.25, -0.2) is 8.42 Å². The summed E-state index contributed by atoms with van der Waals surface area (Å²) in [6.07, 6.45) is 4.30. The van der Waals surface area contributed by atoms with Crippen LogP contribution in [0, 0.1) is 0 Å². The number of nitrogens with zero attached hydrogens (tertiary/aromatic N) is 1. The molecule has 0 amide bonds. The molecule has 32 heavy (non-hydrogen) atoms. The summed E-state index contributed by atoms with van der Waals surface area (Å²) in [7, 11) is -1.45. The van der Waals surface area contributed by atoms with Crippen LogP contribution in [0.2, 0.25) is 0 Å². The van der Waals surface area contributed by atoms with Crippen molar-refractivity contribution in [2.75, 3.05) is 31.0 Å². The molecule has 0 aliphatic heterocycles. The van der Waals surface area contributed by atoms with Crippen LogP contribution < -0.4 is 14.8 Å². The van der Waals surface area contributed by atoms with Gasteiger partial charge in [0, 0.05) is 24.3 Å². The second kappa shape index (κ2) is 10.5. The summed E-state index contributed by atoms with van der Waals surface area (Å²) < 4.78 is 34.0. The number of ketones is 1. The van der Waals surface area contributed by atoms with Crippen LogP contribution in [0.5, 0.6) is 11.5 Å². The van der Waals surface area contributed by atoms with Gasteiger partial charge in [0.1, 0.15) is 26.9 Å². The predicted molar refractivity (Wildman–Crippen MR) is 127 cm³/mol. The number of anilines is 2. The number of ether oxygens (including phenoxy) is 2. The first-order valence-corrected chi connectivity index (χ1v) is 12.6. The Hall–Kier alpha value is -3.13. The molecule has 3 rings (SSSR count). The van der Waals surface area contributed by atoms with Crippen molar-refractivity contribution < 1.29 is 22.7 Å². The summed E-state index contributed by atoms with van der Waals surface area (Å²) in [4.78, 5) is 17.4. The van der Waals surface area contributed by atoms with E-state index in [1.807, 2.05) is 43.3 Å². The number of para-hydroxylation sites is 3. The maximum absolute atomic E-state index is 12.8. The third kappa shape index (κ3) is 5.76. The summed E-state index contributed by atoms with van der Waals surface area (Å²) in [5.74, 6) is 1.24. The molecule has 8 heteroatoms. The summed E-state index contributed by atoms with van der Waals surface area (Å²) in [6, 6.07) is 13.0. The van der Waals surface area contributed by atoms with E-state index in [1.54, 1.807) is 19.4 Å². The Morgan fingerprint density at radius 2 is 1.84 bits per heavy atom. The predicted octanol–water partition coefficient (Wildman–Crippen LogP) is 4.78. The lowest BCUT2D eigenvalue weighted by atomic mass is 10.0. The van der Waals surface area contributed by atoms with E-state index in [4.69, 9.17) is 9.47 Å². The molecule has 0 unspecified atom stereocenters. The monoisotopic (exact) mass is 456 g/mol. The van der Waals surface area contributed by atoms with Gasteiger partial charge in [0.05, 0.1) is 36.4 Å². The number of aromatic nitrogens is 1. The molecule has 7 nitrogen and oxygen atoms in total. The molecule has 0 atom stereocenters. The molecule has 1 N–H and O–H groups in total. The average molecular weight is 457 g/mol. The number of methoxy groups -OCH3 is 1. The van der Waals surface area contributed by atoms with Crippen molar-refractivity contribution >= 4 is 37.9 Å². The van der Waals surface area contributed by atoms with Gasteiger partial charge in [0.2, 0.25) is 0 Å². The van der Waals surface area contributed by atoms with E-state index in [0.29, 0.717) is 41.1 Å². The number of Topliss-reactive ketones (excluding diaryl/α,β-unsaturated/α-hetero) is 1. The van der Waals surface area contributed by atoms with E-state index in [-0.39, 0.29) is 18.1 Å². The minimum atomic E-state index is -3.04. The van der Waals surface area contributed by atoms with Crippen molar-refractivity contribution in [3.63, 3.8) is 0 Å². The van der Waals surface area contributed by atoms with E-state index in [0.717, 1.165) is 17.5 Å². The molecule has 2 aromatic carbocycles. The quantitative estimate of drug-likeness (QED) is 0.328. The Balaban J connectivity index is 2.03. The summed E-state index contributed by atoms with van der Waals surface area (Å²) in [5, 5.41) is 4.10. The smallest absolute Gasteiger partial charge is 0.166 e. The minimum absolute atomic E-state index is 0.00114. The zero-order valence-corrected chi connectivity index (χ0v) is 19.4. The van der Waals surface area contributed by atoms with Gasteiger partial charge in [-0.15, -0.1) is 0 Å². The molecular weight excluding hydrogens is 428 g/mol. The normalized spacial score (nSPS) is 11.3. The number of rotatable bonds is 11. The number of hydrogen-bond donors (Lipinski definition) is 1. The Bertz CT molecular complexity index is 1210. The van der Waals surface area contributed by atoms with Gasteiger partial charge in [-0.05, 0) is 31.0 Å². The number of nitrogens with one attached hydrogen (secondary N) is 1. The van der Waals surface area contributed by atoms with Gasteiger partial charge in [0.25, 0.3) is 0 Å². The molecular formula is C24H28N2O5S. The Kier molecular flexibility index (Phi) is 7.69. The molecule has 0 bridgehead atoms. The fourth-order valence-corrected chi connectivity index (χ4v) is 4.05. The molecule has 3 aromatic rings. The fourth-order valence-electron chi connectivity index (χ4n) is 3.41. The van der Waals surface area contributed by atoms with Crippen LogP contribution in [0.3, 0.4) is 0 Å². The van der Waals surface area contributed by atoms with Crippen LogP contribution in [0.1, 0.15) is 36.5 Å². The number of hydrogen-bond acceptors (Lipinski definition) is 7. The largest absolute Gasteiger partial charge is 0.495 e. The van der Waals surface area contributed by atoms with Crippen molar-refractivity contribution in [3.05, 3.63) is 54.2 Å². The highest BCUT2D eigenvalue weighted by atomic mass is 32.2.